The molecule has 5 nitrogen and oxygen atoms in total. The van der Waals surface area contributed by atoms with E-state index in [-0.39, 0.29) is 23.4 Å². The van der Waals surface area contributed by atoms with Crippen molar-refractivity contribution in [3.8, 4) is 0 Å². The number of fused-ring (bicyclic) bond motifs is 1. The lowest BCUT2D eigenvalue weighted by Crippen LogP contribution is -2.42. The van der Waals surface area contributed by atoms with Crippen LogP contribution in [0.15, 0.2) is 77.7 Å². The van der Waals surface area contributed by atoms with E-state index in [1.165, 1.54) is 29.8 Å². The fraction of sp³-hybridized carbons (Fsp3) is 0.240. The largest absolute Gasteiger partial charge is 0.348 e. The van der Waals surface area contributed by atoms with Crippen molar-refractivity contribution in [2.45, 2.75) is 37.1 Å². The van der Waals surface area contributed by atoms with Crippen LogP contribution in [-0.4, -0.2) is 20.9 Å². The van der Waals surface area contributed by atoms with E-state index in [0.717, 1.165) is 34.7 Å². The van der Waals surface area contributed by atoms with Crippen molar-refractivity contribution < 1.29 is 13.2 Å². The second kappa shape index (κ2) is 9.35. The molecule has 0 heterocycles. The van der Waals surface area contributed by atoms with Crippen LogP contribution in [0.4, 0.5) is 5.69 Å². The number of amides is 1. The summed E-state index contributed by atoms with van der Waals surface area (Å²) < 4.78 is 28.1. The molecule has 0 unspecified atom stereocenters. The Morgan fingerprint density at radius 3 is 2.56 bits per heavy atom. The summed E-state index contributed by atoms with van der Waals surface area (Å²) in [4.78, 5) is 13.2. The monoisotopic (exact) mass is 468 g/mol. The molecule has 0 fully saturated rings. The number of carbonyl (C=O) groups excluding carboxylic acids is 1. The molecule has 1 aliphatic carbocycles. The van der Waals surface area contributed by atoms with Gasteiger partial charge in [0.2, 0.25) is 5.91 Å². The second-order valence-electron chi connectivity index (χ2n) is 8.02. The number of hydrogen-bond acceptors (Lipinski definition) is 3. The van der Waals surface area contributed by atoms with E-state index in [1.807, 2.05) is 31.2 Å². The third-order valence-corrected chi connectivity index (χ3v) is 7.72. The molecule has 1 aliphatic rings. The van der Waals surface area contributed by atoms with E-state index < -0.39 is 10.0 Å². The SMILES string of the molecule is Cc1cccc(N(CC(=O)N[C@H]2CCCc3ccccc32)S(=O)(=O)c2ccc(Cl)cc2)c1. The first kappa shape index (κ1) is 22.4. The van der Waals surface area contributed by atoms with Crippen LogP contribution in [0.2, 0.25) is 5.02 Å². The Bertz CT molecular complexity index is 1230. The zero-order valence-corrected chi connectivity index (χ0v) is 19.4. The number of anilines is 1. The molecule has 0 aromatic heterocycles. The van der Waals surface area contributed by atoms with Crippen molar-refractivity contribution in [3.63, 3.8) is 0 Å². The molecule has 0 bridgehead atoms. The molecule has 32 heavy (non-hydrogen) atoms. The molecule has 1 amide bonds. The van der Waals surface area contributed by atoms with Crippen molar-refractivity contribution >= 4 is 33.2 Å². The molecule has 3 aromatic carbocycles. The Hall–Kier alpha value is -2.83. The van der Waals surface area contributed by atoms with E-state index in [9.17, 15) is 13.2 Å². The Morgan fingerprint density at radius 1 is 1.06 bits per heavy atom. The number of nitrogens with one attached hydrogen (secondary N) is 1. The van der Waals surface area contributed by atoms with Crippen molar-refractivity contribution in [2.75, 3.05) is 10.8 Å². The molecule has 3 aromatic rings. The maximum Gasteiger partial charge on any atom is 0.264 e. The standard InChI is InChI=1S/C25H25ClN2O3S/c1-18-6-4-9-21(16-18)28(32(30,31)22-14-12-20(26)13-15-22)17-25(29)27-24-11-5-8-19-7-2-3-10-23(19)24/h2-4,6-7,9-10,12-16,24H,5,8,11,17H2,1H3,(H,27,29)/t24-/m0/s1. The van der Waals surface area contributed by atoms with Crippen molar-refractivity contribution in [1.29, 1.82) is 0 Å². The minimum absolute atomic E-state index is 0.0826. The summed E-state index contributed by atoms with van der Waals surface area (Å²) >= 11 is 5.94. The van der Waals surface area contributed by atoms with Crippen LogP contribution < -0.4 is 9.62 Å². The number of rotatable bonds is 6. The van der Waals surface area contributed by atoms with Crippen LogP contribution in [-0.2, 0) is 21.2 Å². The lowest BCUT2D eigenvalue weighted by atomic mass is 9.88. The number of aryl methyl sites for hydroxylation is 2. The van der Waals surface area contributed by atoms with Crippen LogP contribution in [0.5, 0.6) is 0 Å². The summed E-state index contributed by atoms with van der Waals surface area (Å²) in [5.74, 6) is -0.342. The van der Waals surface area contributed by atoms with E-state index in [1.54, 1.807) is 18.2 Å². The van der Waals surface area contributed by atoms with E-state index in [0.29, 0.717) is 10.7 Å². The Morgan fingerprint density at radius 2 is 1.81 bits per heavy atom. The molecule has 0 radical (unpaired) electrons. The van der Waals surface area contributed by atoms with Gasteiger partial charge in [0, 0.05) is 5.02 Å². The number of sulfonamides is 1. The molecule has 0 saturated heterocycles. The van der Waals surface area contributed by atoms with Gasteiger partial charge in [-0.25, -0.2) is 8.42 Å². The highest BCUT2D eigenvalue weighted by Crippen LogP contribution is 2.30. The lowest BCUT2D eigenvalue weighted by molar-refractivity contribution is -0.120. The van der Waals surface area contributed by atoms with Crippen molar-refractivity contribution in [1.82, 2.24) is 5.32 Å². The fourth-order valence-corrected chi connectivity index (χ4v) is 5.65. The van der Waals surface area contributed by atoms with Gasteiger partial charge in [-0.05, 0) is 79.3 Å². The number of carbonyl (C=O) groups is 1. The third-order valence-electron chi connectivity index (χ3n) is 5.68. The summed E-state index contributed by atoms with van der Waals surface area (Å²) in [5, 5.41) is 3.50. The van der Waals surface area contributed by atoms with Crippen LogP contribution in [0, 0.1) is 6.92 Å². The Labute approximate surface area is 194 Å². The average Bonchev–Trinajstić information content (AvgIpc) is 2.78. The van der Waals surface area contributed by atoms with Crippen molar-refractivity contribution in [2.24, 2.45) is 0 Å². The third kappa shape index (κ3) is 4.81. The van der Waals surface area contributed by atoms with E-state index >= 15 is 0 Å². The van der Waals surface area contributed by atoms with Gasteiger partial charge in [-0.2, -0.15) is 0 Å². The highest BCUT2D eigenvalue weighted by atomic mass is 35.5. The molecular formula is C25H25ClN2O3S. The molecule has 1 N–H and O–H groups in total. The van der Waals surface area contributed by atoms with Gasteiger partial charge >= 0.3 is 0 Å². The normalized spacial score (nSPS) is 15.6. The minimum Gasteiger partial charge on any atom is -0.348 e. The summed E-state index contributed by atoms with van der Waals surface area (Å²) in [6, 6.07) is 21.1. The summed E-state index contributed by atoms with van der Waals surface area (Å²) in [7, 11) is -3.97. The minimum atomic E-state index is -3.97. The van der Waals surface area contributed by atoms with Gasteiger partial charge in [0.1, 0.15) is 6.54 Å². The maximum absolute atomic E-state index is 13.5. The molecule has 1 atom stereocenters. The Balaban J connectivity index is 1.63. The average molecular weight is 469 g/mol. The molecule has 4 rings (SSSR count). The van der Waals surface area contributed by atoms with Gasteiger partial charge in [0.05, 0.1) is 16.6 Å². The van der Waals surface area contributed by atoms with Gasteiger partial charge in [-0.15, -0.1) is 0 Å². The maximum atomic E-state index is 13.5. The van der Waals surface area contributed by atoms with Crippen LogP contribution >= 0.6 is 11.6 Å². The van der Waals surface area contributed by atoms with Gasteiger partial charge < -0.3 is 5.32 Å². The van der Waals surface area contributed by atoms with E-state index in [2.05, 4.69) is 11.4 Å². The molecule has 0 spiro atoms. The highest BCUT2D eigenvalue weighted by molar-refractivity contribution is 7.92. The predicted molar refractivity (Wildman–Crippen MR) is 127 cm³/mol. The van der Waals surface area contributed by atoms with Gasteiger partial charge in [-0.3, -0.25) is 9.10 Å². The number of hydrogen-bond donors (Lipinski definition) is 1. The second-order valence-corrected chi connectivity index (χ2v) is 10.3. The Kier molecular flexibility index (Phi) is 6.53. The summed E-state index contributed by atoms with van der Waals surface area (Å²) in [6.45, 7) is 1.57. The fourth-order valence-electron chi connectivity index (χ4n) is 4.11. The predicted octanol–water partition coefficient (Wildman–Crippen LogP) is 5.04. The molecular weight excluding hydrogens is 444 g/mol. The van der Waals surface area contributed by atoms with Crippen LogP contribution in [0.1, 0.15) is 35.6 Å². The van der Waals surface area contributed by atoms with E-state index in [4.69, 9.17) is 11.6 Å². The zero-order valence-electron chi connectivity index (χ0n) is 17.8. The first-order valence-electron chi connectivity index (χ1n) is 10.6. The molecule has 166 valence electrons. The highest BCUT2D eigenvalue weighted by Gasteiger charge is 2.29. The van der Waals surface area contributed by atoms with Crippen LogP contribution in [0.25, 0.3) is 0 Å². The molecule has 0 saturated carbocycles. The van der Waals surface area contributed by atoms with Crippen molar-refractivity contribution in [3.05, 3.63) is 94.5 Å². The first-order valence-corrected chi connectivity index (χ1v) is 12.4. The van der Waals surface area contributed by atoms with Gasteiger partial charge in [-0.1, -0.05) is 48.0 Å². The number of halogens is 1. The first-order chi connectivity index (χ1) is 15.3. The molecule has 0 aliphatic heterocycles. The smallest absolute Gasteiger partial charge is 0.264 e. The zero-order chi connectivity index (χ0) is 22.7. The molecule has 7 heteroatoms. The summed E-state index contributed by atoms with van der Waals surface area (Å²) in [6.07, 6.45) is 2.80. The van der Waals surface area contributed by atoms with Gasteiger partial charge in [0.15, 0.2) is 0 Å². The van der Waals surface area contributed by atoms with Gasteiger partial charge in [0.25, 0.3) is 10.0 Å². The quantitative estimate of drug-likeness (QED) is 0.551. The lowest BCUT2D eigenvalue weighted by Gasteiger charge is -2.29. The van der Waals surface area contributed by atoms with Crippen LogP contribution in [0.3, 0.4) is 0 Å². The summed E-state index contributed by atoms with van der Waals surface area (Å²) in [5.41, 5.74) is 3.68. The number of benzene rings is 3. The topological polar surface area (TPSA) is 66.5 Å². The number of nitrogens with zero attached hydrogens (tertiary/aromatic N) is 1.